The smallest absolute Gasteiger partial charge is 0.410 e. The average Bonchev–Trinajstić information content (AvgIpc) is 2.59. The van der Waals surface area contributed by atoms with E-state index in [1.54, 1.807) is 4.90 Å². The number of fused-ring (bicyclic) bond motifs is 2. The monoisotopic (exact) mass is 326 g/mol. The van der Waals surface area contributed by atoms with Crippen LogP contribution >= 0.6 is 0 Å². The van der Waals surface area contributed by atoms with Crippen molar-refractivity contribution in [2.45, 2.75) is 69.7 Å². The first-order chi connectivity index (χ1) is 10.6. The van der Waals surface area contributed by atoms with Crippen LogP contribution in [0.4, 0.5) is 4.79 Å². The molecule has 3 saturated heterocycles. The Morgan fingerprint density at radius 1 is 1.22 bits per heavy atom. The Kier molecular flexibility index (Phi) is 3.93. The molecular formula is C17H30N2O4. The van der Waals surface area contributed by atoms with E-state index in [1.165, 1.54) is 0 Å². The van der Waals surface area contributed by atoms with Gasteiger partial charge >= 0.3 is 6.09 Å². The second-order valence-electron chi connectivity index (χ2n) is 8.77. The maximum atomic E-state index is 12.2. The molecule has 2 bridgehead atoms. The lowest BCUT2D eigenvalue weighted by molar-refractivity contribution is -0.203. The summed E-state index contributed by atoms with van der Waals surface area (Å²) in [7, 11) is 2.13. The number of carbonyl (C=O) groups is 1. The van der Waals surface area contributed by atoms with Gasteiger partial charge in [-0.05, 0) is 53.5 Å². The summed E-state index contributed by atoms with van der Waals surface area (Å²) in [6, 6.07) is 0.774. The molecule has 6 heteroatoms. The number of piperidine rings is 1. The van der Waals surface area contributed by atoms with Gasteiger partial charge in [0.2, 0.25) is 0 Å². The largest absolute Gasteiger partial charge is 0.444 e. The van der Waals surface area contributed by atoms with Gasteiger partial charge in [0.15, 0.2) is 0 Å². The first kappa shape index (κ1) is 17.0. The minimum absolute atomic E-state index is 0.0913. The van der Waals surface area contributed by atoms with Gasteiger partial charge in [-0.25, -0.2) is 4.79 Å². The average molecular weight is 326 g/mol. The summed E-state index contributed by atoms with van der Waals surface area (Å²) < 4.78 is 5.39. The molecule has 0 aliphatic carbocycles. The Balaban J connectivity index is 1.69. The molecule has 0 aromatic rings. The standard InChI is InChI=1S/C17H30N2O4/c1-15(2,3)23-14(21)19-9-16(10-19,11-20)17(22)7-12-5-6-13(8-17)18(12)4/h12-13,20,22H,5-11H2,1-4H3. The molecule has 0 radical (unpaired) electrons. The molecule has 0 aromatic carbocycles. The van der Waals surface area contributed by atoms with Gasteiger partial charge in [-0.2, -0.15) is 0 Å². The third-order valence-corrected chi connectivity index (χ3v) is 6.06. The zero-order chi connectivity index (χ0) is 17.0. The van der Waals surface area contributed by atoms with Crippen molar-refractivity contribution in [3.63, 3.8) is 0 Å². The number of rotatable bonds is 2. The van der Waals surface area contributed by atoms with Crippen molar-refractivity contribution in [3.8, 4) is 0 Å². The van der Waals surface area contributed by atoms with Crippen molar-refractivity contribution < 1.29 is 19.7 Å². The number of hydrogen-bond acceptors (Lipinski definition) is 5. The first-order valence-corrected chi connectivity index (χ1v) is 8.62. The van der Waals surface area contributed by atoms with Crippen LogP contribution in [-0.4, -0.2) is 76.1 Å². The number of carbonyl (C=O) groups excluding carboxylic acids is 1. The summed E-state index contributed by atoms with van der Waals surface area (Å²) in [6.07, 6.45) is 3.23. The molecule has 0 spiro atoms. The fourth-order valence-electron chi connectivity index (χ4n) is 4.56. The van der Waals surface area contributed by atoms with E-state index >= 15 is 0 Å². The Morgan fingerprint density at radius 3 is 2.17 bits per heavy atom. The van der Waals surface area contributed by atoms with Gasteiger partial charge in [0.1, 0.15) is 5.60 Å². The molecule has 2 unspecified atom stereocenters. The highest BCUT2D eigenvalue weighted by atomic mass is 16.6. The maximum Gasteiger partial charge on any atom is 0.410 e. The molecule has 2 N–H and O–H groups in total. The third-order valence-electron chi connectivity index (χ3n) is 6.06. The molecule has 3 rings (SSSR count). The number of hydrogen-bond donors (Lipinski definition) is 2. The molecule has 3 heterocycles. The molecule has 2 atom stereocenters. The van der Waals surface area contributed by atoms with E-state index in [0.29, 0.717) is 38.0 Å². The Bertz CT molecular complexity index is 467. The van der Waals surface area contributed by atoms with Crippen molar-refractivity contribution >= 4 is 6.09 Å². The van der Waals surface area contributed by atoms with E-state index in [0.717, 1.165) is 12.8 Å². The minimum atomic E-state index is -0.890. The predicted octanol–water partition coefficient (Wildman–Crippen LogP) is 1.20. The highest BCUT2D eigenvalue weighted by Crippen LogP contribution is 2.51. The quantitative estimate of drug-likeness (QED) is 0.798. The molecule has 3 aliphatic rings. The number of ether oxygens (including phenoxy) is 1. The molecule has 0 aromatic heterocycles. The van der Waals surface area contributed by atoms with Gasteiger partial charge < -0.3 is 24.7 Å². The van der Waals surface area contributed by atoms with Crippen LogP contribution in [0.2, 0.25) is 0 Å². The number of likely N-dealkylation sites (tertiary alicyclic amines) is 1. The van der Waals surface area contributed by atoms with Crippen molar-refractivity contribution in [2.24, 2.45) is 5.41 Å². The van der Waals surface area contributed by atoms with E-state index in [-0.39, 0.29) is 12.7 Å². The molecule has 3 aliphatic heterocycles. The lowest BCUT2D eigenvalue weighted by Crippen LogP contribution is -2.73. The highest BCUT2D eigenvalue weighted by Gasteiger charge is 2.62. The Morgan fingerprint density at radius 2 is 1.74 bits per heavy atom. The SMILES string of the molecule is CN1C2CCC1CC(O)(C1(CO)CN(C(=O)OC(C)(C)C)C1)C2. The number of aliphatic hydroxyl groups excluding tert-OH is 1. The van der Waals surface area contributed by atoms with Crippen molar-refractivity contribution in [3.05, 3.63) is 0 Å². The van der Waals surface area contributed by atoms with Crippen LogP contribution in [0.25, 0.3) is 0 Å². The molecule has 132 valence electrons. The lowest BCUT2D eigenvalue weighted by atomic mass is 9.61. The molecule has 23 heavy (non-hydrogen) atoms. The number of nitrogens with zero attached hydrogens (tertiary/aromatic N) is 2. The highest BCUT2D eigenvalue weighted by molar-refractivity contribution is 5.69. The van der Waals surface area contributed by atoms with Crippen LogP contribution in [0.1, 0.15) is 46.5 Å². The van der Waals surface area contributed by atoms with Crippen molar-refractivity contribution in [1.82, 2.24) is 9.80 Å². The summed E-state index contributed by atoms with van der Waals surface area (Å²) in [4.78, 5) is 16.1. The van der Waals surface area contributed by atoms with Gasteiger partial charge in [-0.15, -0.1) is 0 Å². The fourth-order valence-corrected chi connectivity index (χ4v) is 4.56. The Hall–Kier alpha value is -0.850. The lowest BCUT2D eigenvalue weighted by Gasteiger charge is -2.60. The van der Waals surface area contributed by atoms with Crippen LogP contribution in [0.5, 0.6) is 0 Å². The van der Waals surface area contributed by atoms with Crippen LogP contribution in [0, 0.1) is 5.41 Å². The molecule has 0 saturated carbocycles. The summed E-state index contributed by atoms with van der Waals surface area (Å²) in [6.45, 7) is 6.17. The normalized spacial score (nSPS) is 36.7. The van der Waals surface area contributed by atoms with Gasteiger partial charge in [-0.1, -0.05) is 0 Å². The zero-order valence-corrected chi connectivity index (χ0v) is 14.7. The Labute approximate surface area is 138 Å². The van der Waals surface area contributed by atoms with Crippen LogP contribution in [0.3, 0.4) is 0 Å². The van der Waals surface area contributed by atoms with Gasteiger partial charge in [0, 0.05) is 25.2 Å². The van der Waals surface area contributed by atoms with E-state index in [9.17, 15) is 15.0 Å². The van der Waals surface area contributed by atoms with E-state index in [4.69, 9.17) is 4.74 Å². The second-order valence-corrected chi connectivity index (χ2v) is 8.77. The second kappa shape index (κ2) is 5.33. The van der Waals surface area contributed by atoms with Gasteiger partial charge in [0.05, 0.1) is 17.6 Å². The molecule has 1 amide bonds. The molecular weight excluding hydrogens is 296 g/mol. The van der Waals surface area contributed by atoms with Gasteiger partial charge in [0.25, 0.3) is 0 Å². The fraction of sp³-hybridized carbons (Fsp3) is 0.941. The summed E-state index contributed by atoms with van der Waals surface area (Å²) in [5.74, 6) is 0. The van der Waals surface area contributed by atoms with Crippen LogP contribution < -0.4 is 0 Å². The van der Waals surface area contributed by atoms with Gasteiger partial charge in [-0.3, -0.25) is 0 Å². The summed E-state index contributed by atoms with van der Waals surface area (Å²) >= 11 is 0. The number of aliphatic hydroxyl groups is 2. The summed E-state index contributed by atoms with van der Waals surface area (Å²) in [5, 5.41) is 21.3. The maximum absolute atomic E-state index is 12.2. The molecule has 3 fully saturated rings. The van der Waals surface area contributed by atoms with Crippen molar-refractivity contribution in [2.75, 3.05) is 26.7 Å². The van der Waals surface area contributed by atoms with Crippen molar-refractivity contribution in [1.29, 1.82) is 0 Å². The van der Waals surface area contributed by atoms with Crippen LogP contribution in [-0.2, 0) is 4.74 Å². The first-order valence-electron chi connectivity index (χ1n) is 8.62. The van der Waals surface area contributed by atoms with E-state index in [2.05, 4.69) is 11.9 Å². The van der Waals surface area contributed by atoms with Crippen LogP contribution in [0.15, 0.2) is 0 Å². The minimum Gasteiger partial charge on any atom is -0.444 e. The predicted molar refractivity (Wildman–Crippen MR) is 86.1 cm³/mol. The third kappa shape index (κ3) is 2.75. The van der Waals surface area contributed by atoms with E-state index in [1.807, 2.05) is 20.8 Å². The number of amides is 1. The van der Waals surface area contributed by atoms with E-state index < -0.39 is 16.6 Å². The molecule has 6 nitrogen and oxygen atoms in total. The zero-order valence-electron chi connectivity index (χ0n) is 14.7. The topological polar surface area (TPSA) is 73.2 Å². The summed E-state index contributed by atoms with van der Waals surface area (Å²) in [5.41, 5.74) is -2.03.